The molecular weight excluding hydrogens is 398 g/mol. The van der Waals surface area contributed by atoms with Crippen molar-refractivity contribution in [2.24, 2.45) is 0 Å². The molecule has 0 saturated heterocycles. The number of amides is 1. The lowest BCUT2D eigenvalue weighted by atomic mass is 9.97. The summed E-state index contributed by atoms with van der Waals surface area (Å²) in [6.45, 7) is 0. The second-order valence-electron chi connectivity index (χ2n) is 6.98. The summed E-state index contributed by atoms with van der Waals surface area (Å²) in [4.78, 5) is 35.7. The van der Waals surface area contributed by atoms with Gasteiger partial charge in [-0.05, 0) is 41.3 Å². The van der Waals surface area contributed by atoms with Crippen LogP contribution in [0.2, 0.25) is 0 Å². The largest absolute Gasteiger partial charge is 0.479 e. The Balaban J connectivity index is 1.87. The summed E-state index contributed by atoms with van der Waals surface area (Å²) in [5.74, 6) is -3.10. The van der Waals surface area contributed by atoms with Gasteiger partial charge in [0.25, 0.3) is 5.91 Å². The molecule has 3 rings (SSSR count). The summed E-state index contributed by atoms with van der Waals surface area (Å²) in [6.07, 6.45) is -1.67. The maximum Gasteiger partial charge on any atom is 0.336 e. The predicted molar refractivity (Wildman–Crippen MR) is 114 cm³/mol. The number of benzene rings is 3. The number of carboxylic acid groups (broad SMARTS) is 2. The fourth-order valence-corrected chi connectivity index (χ4v) is 3.28. The Morgan fingerprint density at radius 3 is 2.19 bits per heavy atom. The second-order valence-corrected chi connectivity index (χ2v) is 6.98. The lowest BCUT2D eigenvalue weighted by molar-refractivity contribution is -0.148. The molecule has 0 aliphatic carbocycles. The molecule has 31 heavy (non-hydrogen) atoms. The fraction of sp³-hybridized carbons (Fsp3) is 0.125. The fourth-order valence-electron chi connectivity index (χ4n) is 3.28. The van der Waals surface area contributed by atoms with E-state index in [1.807, 2.05) is 6.07 Å². The molecular formula is C24H21NO6. The van der Waals surface area contributed by atoms with Crippen molar-refractivity contribution < 1.29 is 29.7 Å². The van der Waals surface area contributed by atoms with Crippen LogP contribution in [0.5, 0.6) is 0 Å². The summed E-state index contributed by atoms with van der Waals surface area (Å²) in [6, 6.07) is 20.7. The van der Waals surface area contributed by atoms with E-state index in [1.54, 1.807) is 54.6 Å². The van der Waals surface area contributed by atoms with Gasteiger partial charge in [0.2, 0.25) is 0 Å². The zero-order chi connectivity index (χ0) is 22.4. The Kier molecular flexibility index (Phi) is 6.79. The second kappa shape index (κ2) is 9.69. The SMILES string of the molecule is O=C(N[C@H](Cc1ccccc1)[C@@H](O)C(=O)O)c1cccc(-c2ccccc2C(=O)O)c1. The number of rotatable bonds is 8. The number of aliphatic carboxylic acids is 1. The van der Waals surface area contributed by atoms with Crippen LogP contribution in [0.15, 0.2) is 78.9 Å². The molecule has 0 aromatic heterocycles. The highest BCUT2D eigenvalue weighted by molar-refractivity contribution is 5.99. The maximum atomic E-state index is 12.8. The zero-order valence-electron chi connectivity index (χ0n) is 16.4. The summed E-state index contributed by atoms with van der Waals surface area (Å²) < 4.78 is 0. The van der Waals surface area contributed by atoms with Gasteiger partial charge >= 0.3 is 11.9 Å². The first-order valence-corrected chi connectivity index (χ1v) is 9.55. The smallest absolute Gasteiger partial charge is 0.336 e. The van der Waals surface area contributed by atoms with Crippen molar-refractivity contribution >= 4 is 17.8 Å². The van der Waals surface area contributed by atoms with E-state index in [0.29, 0.717) is 11.1 Å². The Bertz CT molecular complexity index is 1100. The Morgan fingerprint density at radius 1 is 0.839 bits per heavy atom. The van der Waals surface area contributed by atoms with Crippen molar-refractivity contribution in [3.63, 3.8) is 0 Å². The quantitative estimate of drug-likeness (QED) is 0.445. The number of aromatic carboxylic acids is 1. The number of hydrogen-bond donors (Lipinski definition) is 4. The van der Waals surface area contributed by atoms with Crippen molar-refractivity contribution in [2.75, 3.05) is 0 Å². The van der Waals surface area contributed by atoms with E-state index >= 15 is 0 Å². The molecule has 0 fully saturated rings. The van der Waals surface area contributed by atoms with Gasteiger partial charge in [-0.25, -0.2) is 9.59 Å². The van der Waals surface area contributed by atoms with Gasteiger partial charge in [0.05, 0.1) is 11.6 Å². The number of carbonyl (C=O) groups is 3. The van der Waals surface area contributed by atoms with Crippen LogP contribution in [-0.4, -0.2) is 45.3 Å². The minimum atomic E-state index is -1.79. The van der Waals surface area contributed by atoms with Crippen LogP contribution in [-0.2, 0) is 11.2 Å². The molecule has 7 nitrogen and oxygen atoms in total. The summed E-state index contributed by atoms with van der Waals surface area (Å²) in [5, 5.41) is 31.3. The van der Waals surface area contributed by atoms with E-state index in [1.165, 1.54) is 18.2 Å². The van der Waals surface area contributed by atoms with Crippen molar-refractivity contribution in [1.82, 2.24) is 5.32 Å². The highest BCUT2D eigenvalue weighted by Crippen LogP contribution is 2.25. The van der Waals surface area contributed by atoms with Crippen LogP contribution in [0.1, 0.15) is 26.3 Å². The first-order chi connectivity index (χ1) is 14.9. The molecule has 0 aliphatic heterocycles. The van der Waals surface area contributed by atoms with E-state index in [4.69, 9.17) is 0 Å². The molecule has 0 spiro atoms. The number of aliphatic hydroxyl groups excluding tert-OH is 1. The third kappa shape index (κ3) is 5.34. The molecule has 0 unspecified atom stereocenters. The average molecular weight is 419 g/mol. The molecule has 2 atom stereocenters. The average Bonchev–Trinajstić information content (AvgIpc) is 2.78. The van der Waals surface area contributed by atoms with Gasteiger partial charge in [-0.3, -0.25) is 4.79 Å². The van der Waals surface area contributed by atoms with Gasteiger partial charge in [0, 0.05) is 5.56 Å². The van der Waals surface area contributed by atoms with Crippen LogP contribution in [0.3, 0.4) is 0 Å². The lowest BCUT2D eigenvalue weighted by Gasteiger charge is -2.22. The molecule has 0 saturated carbocycles. The van der Waals surface area contributed by atoms with Crippen molar-refractivity contribution in [2.45, 2.75) is 18.6 Å². The van der Waals surface area contributed by atoms with E-state index in [2.05, 4.69) is 5.32 Å². The Morgan fingerprint density at radius 2 is 1.52 bits per heavy atom. The monoisotopic (exact) mass is 419 g/mol. The van der Waals surface area contributed by atoms with Gasteiger partial charge < -0.3 is 20.6 Å². The molecule has 4 N–H and O–H groups in total. The number of carbonyl (C=O) groups excluding carboxylic acids is 1. The third-order valence-electron chi connectivity index (χ3n) is 4.84. The van der Waals surface area contributed by atoms with Crippen LogP contribution in [0.25, 0.3) is 11.1 Å². The van der Waals surface area contributed by atoms with Crippen molar-refractivity contribution in [3.05, 3.63) is 95.6 Å². The normalized spacial score (nSPS) is 12.5. The van der Waals surface area contributed by atoms with E-state index in [-0.39, 0.29) is 17.5 Å². The predicted octanol–water partition coefficient (Wildman–Crippen LogP) is 2.84. The maximum absolute atomic E-state index is 12.8. The van der Waals surface area contributed by atoms with Crippen LogP contribution < -0.4 is 5.32 Å². The van der Waals surface area contributed by atoms with Crippen molar-refractivity contribution in [3.8, 4) is 11.1 Å². The van der Waals surface area contributed by atoms with E-state index in [9.17, 15) is 29.7 Å². The first-order valence-electron chi connectivity index (χ1n) is 9.55. The van der Waals surface area contributed by atoms with E-state index in [0.717, 1.165) is 5.56 Å². The highest BCUT2D eigenvalue weighted by atomic mass is 16.4. The Hall–Kier alpha value is -3.97. The summed E-state index contributed by atoms with van der Waals surface area (Å²) in [5.41, 5.74) is 2.06. The molecule has 1 amide bonds. The lowest BCUT2D eigenvalue weighted by Crippen LogP contribution is -2.48. The third-order valence-corrected chi connectivity index (χ3v) is 4.84. The standard InChI is InChI=1S/C24H21NO6/c26-21(24(30)31)20(13-15-7-2-1-3-8-15)25-22(27)17-10-6-9-16(14-17)18-11-4-5-12-19(18)23(28)29/h1-12,14,20-21,26H,13H2,(H,25,27)(H,28,29)(H,30,31)/t20-,21-/m1/s1. The molecule has 0 radical (unpaired) electrons. The summed E-state index contributed by atoms with van der Waals surface area (Å²) >= 11 is 0. The zero-order valence-corrected chi connectivity index (χ0v) is 16.4. The number of aliphatic hydroxyl groups is 1. The van der Waals surface area contributed by atoms with Crippen molar-refractivity contribution in [1.29, 1.82) is 0 Å². The minimum Gasteiger partial charge on any atom is -0.479 e. The van der Waals surface area contributed by atoms with Gasteiger partial charge in [-0.15, -0.1) is 0 Å². The molecule has 158 valence electrons. The topological polar surface area (TPSA) is 124 Å². The molecule has 0 bridgehead atoms. The minimum absolute atomic E-state index is 0.100. The number of carboxylic acids is 2. The number of hydrogen-bond acceptors (Lipinski definition) is 4. The number of nitrogens with one attached hydrogen (secondary N) is 1. The first kappa shape index (κ1) is 21.7. The Labute approximate surface area is 178 Å². The van der Waals surface area contributed by atoms with Gasteiger partial charge in [0.1, 0.15) is 0 Å². The van der Waals surface area contributed by atoms with Gasteiger partial charge in [-0.1, -0.05) is 60.7 Å². The van der Waals surface area contributed by atoms with Gasteiger partial charge in [0.15, 0.2) is 6.10 Å². The molecule has 0 heterocycles. The van der Waals surface area contributed by atoms with Crippen LogP contribution in [0.4, 0.5) is 0 Å². The molecule has 3 aromatic rings. The molecule has 7 heteroatoms. The van der Waals surface area contributed by atoms with Crippen LogP contribution >= 0.6 is 0 Å². The molecule has 0 aliphatic rings. The molecule has 3 aromatic carbocycles. The highest BCUT2D eigenvalue weighted by Gasteiger charge is 2.28. The van der Waals surface area contributed by atoms with Crippen LogP contribution in [0, 0.1) is 0 Å². The van der Waals surface area contributed by atoms with E-state index < -0.39 is 30.0 Å². The van der Waals surface area contributed by atoms with Gasteiger partial charge in [-0.2, -0.15) is 0 Å². The summed E-state index contributed by atoms with van der Waals surface area (Å²) in [7, 11) is 0.